The van der Waals surface area contributed by atoms with E-state index in [-0.39, 0.29) is 11.7 Å². The number of carbonyl (C=O) groups is 1. The Bertz CT molecular complexity index is 382. The van der Waals surface area contributed by atoms with Gasteiger partial charge in [-0.15, -0.1) is 0 Å². The zero-order valence-corrected chi connectivity index (χ0v) is 9.23. The number of nitrogens with one attached hydrogen (secondary N) is 1. The van der Waals surface area contributed by atoms with Gasteiger partial charge in [-0.25, -0.2) is 9.78 Å². The third-order valence-corrected chi connectivity index (χ3v) is 2.10. The van der Waals surface area contributed by atoms with Gasteiger partial charge in [-0.1, -0.05) is 0 Å². The first kappa shape index (κ1) is 12.3. The Balaban J connectivity index is 2.82. The summed E-state index contributed by atoms with van der Waals surface area (Å²) in [6, 6.07) is 1.37. The molecule has 1 heterocycles. The SMILES string of the molecule is COC(C)CNc1ncc(N)cc1C(=O)O. The van der Waals surface area contributed by atoms with E-state index in [1.165, 1.54) is 12.3 Å². The van der Waals surface area contributed by atoms with E-state index in [0.717, 1.165) is 0 Å². The van der Waals surface area contributed by atoms with E-state index in [1.807, 2.05) is 6.92 Å². The summed E-state index contributed by atoms with van der Waals surface area (Å²) in [5, 5.41) is 11.8. The minimum absolute atomic E-state index is 0.0269. The zero-order chi connectivity index (χ0) is 12.1. The minimum atomic E-state index is -1.06. The van der Waals surface area contributed by atoms with Crippen LogP contribution < -0.4 is 11.1 Å². The molecule has 1 rings (SSSR count). The van der Waals surface area contributed by atoms with Crippen LogP contribution in [-0.4, -0.2) is 35.8 Å². The highest BCUT2D eigenvalue weighted by Crippen LogP contribution is 2.15. The summed E-state index contributed by atoms with van der Waals surface area (Å²) in [6.07, 6.45) is 1.38. The number of carboxylic acids is 1. The molecular weight excluding hydrogens is 210 g/mol. The van der Waals surface area contributed by atoms with Crippen molar-refractivity contribution >= 4 is 17.5 Å². The number of hydrogen-bond donors (Lipinski definition) is 3. The normalized spacial score (nSPS) is 12.1. The van der Waals surface area contributed by atoms with Crippen LogP contribution >= 0.6 is 0 Å². The number of hydrogen-bond acceptors (Lipinski definition) is 5. The molecule has 0 aliphatic rings. The monoisotopic (exact) mass is 225 g/mol. The molecule has 0 radical (unpaired) electrons. The lowest BCUT2D eigenvalue weighted by atomic mass is 10.2. The number of aromatic nitrogens is 1. The van der Waals surface area contributed by atoms with Gasteiger partial charge in [-0.3, -0.25) is 0 Å². The highest BCUT2D eigenvalue weighted by Gasteiger charge is 2.12. The van der Waals surface area contributed by atoms with Crippen LogP contribution in [0.25, 0.3) is 0 Å². The van der Waals surface area contributed by atoms with E-state index < -0.39 is 5.97 Å². The Hall–Kier alpha value is -1.82. The summed E-state index contributed by atoms with van der Waals surface area (Å²) < 4.78 is 5.03. The van der Waals surface area contributed by atoms with Crippen LogP contribution in [-0.2, 0) is 4.74 Å². The van der Waals surface area contributed by atoms with Crippen molar-refractivity contribution in [3.8, 4) is 0 Å². The average Bonchev–Trinajstić information content (AvgIpc) is 2.26. The lowest BCUT2D eigenvalue weighted by molar-refractivity contribution is 0.0697. The number of anilines is 2. The lowest BCUT2D eigenvalue weighted by Gasteiger charge is -2.12. The molecule has 1 aromatic rings. The zero-order valence-electron chi connectivity index (χ0n) is 9.23. The van der Waals surface area contributed by atoms with Gasteiger partial charge >= 0.3 is 5.97 Å². The summed E-state index contributed by atoms with van der Waals surface area (Å²) in [6.45, 7) is 2.35. The number of aromatic carboxylic acids is 1. The van der Waals surface area contributed by atoms with Crippen molar-refractivity contribution in [3.63, 3.8) is 0 Å². The first-order chi connectivity index (χ1) is 7.54. The molecule has 0 bridgehead atoms. The van der Waals surface area contributed by atoms with E-state index in [2.05, 4.69) is 10.3 Å². The maximum atomic E-state index is 10.9. The first-order valence-corrected chi connectivity index (χ1v) is 4.80. The number of carboxylic acid groups (broad SMARTS) is 1. The average molecular weight is 225 g/mol. The smallest absolute Gasteiger partial charge is 0.339 e. The first-order valence-electron chi connectivity index (χ1n) is 4.80. The standard InChI is InChI=1S/C10H15N3O3/c1-6(16-2)4-12-9-8(10(14)15)3-7(11)5-13-9/h3,5-6H,4,11H2,1-2H3,(H,12,13)(H,14,15). The van der Waals surface area contributed by atoms with E-state index in [9.17, 15) is 4.79 Å². The summed E-state index contributed by atoms with van der Waals surface area (Å²) in [4.78, 5) is 14.9. The minimum Gasteiger partial charge on any atom is -0.478 e. The van der Waals surface area contributed by atoms with Gasteiger partial charge in [-0.05, 0) is 13.0 Å². The van der Waals surface area contributed by atoms with Crippen molar-refractivity contribution in [3.05, 3.63) is 17.8 Å². The summed E-state index contributed by atoms with van der Waals surface area (Å²) in [5.74, 6) is -0.766. The third-order valence-electron chi connectivity index (χ3n) is 2.10. The predicted octanol–water partition coefficient (Wildman–Crippen LogP) is 0.809. The Kier molecular flexibility index (Phi) is 4.07. The van der Waals surface area contributed by atoms with E-state index in [1.54, 1.807) is 7.11 Å². The third kappa shape index (κ3) is 3.09. The highest BCUT2D eigenvalue weighted by atomic mass is 16.5. The van der Waals surface area contributed by atoms with Crippen LogP contribution in [0.5, 0.6) is 0 Å². The van der Waals surface area contributed by atoms with Gasteiger partial charge in [0.25, 0.3) is 0 Å². The predicted molar refractivity (Wildman–Crippen MR) is 60.6 cm³/mol. The summed E-state index contributed by atoms with van der Waals surface area (Å²) in [5.41, 5.74) is 5.85. The lowest BCUT2D eigenvalue weighted by Crippen LogP contribution is -2.20. The maximum absolute atomic E-state index is 10.9. The van der Waals surface area contributed by atoms with Gasteiger partial charge in [0.15, 0.2) is 0 Å². The van der Waals surface area contributed by atoms with Gasteiger partial charge in [0.2, 0.25) is 0 Å². The molecule has 0 spiro atoms. The number of methoxy groups -OCH3 is 1. The van der Waals surface area contributed by atoms with Crippen LogP contribution in [0.3, 0.4) is 0 Å². The van der Waals surface area contributed by atoms with Crippen molar-refractivity contribution in [2.75, 3.05) is 24.7 Å². The van der Waals surface area contributed by atoms with Gasteiger partial charge in [0.1, 0.15) is 11.4 Å². The molecule has 0 aliphatic heterocycles. The van der Waals surface area contributed by atoms with Crippen molar-refractivity contribution < 1.29 is 14.6 Å². The molecular formula is C10H15N3O3. The van der Waals surface area contributed by atoms with Crippen LogP contribution in [0.15, 0.2) is 12.3 Å². The van der Waals surface area contributed by atoms with Crippen molar-refractivity contribution in [1.82, 2.24) is 4.98 Å². The topological polar surface area (TPSA) is 97.5 Å². The van der Waals surface area contributed by atoms with Gasteiger partial charge < -0.3 is 20.9 Å². The number of pyridine rings is 1. The van der Waals surface area contributed by atoms with Crippen molar-refractivity contribution in [1.29, 1.82) is 0 Å². The van der Waals surface area contributed by atoms with Crippen LogP contribution in [0.4, 0.5) is 11.5 Å². The Labute approximate surface area is 93.4 Å². The van der Waals surface area contributed by atoms with Crippen molar-refractivity contribution in [2.24, 2.45) is 0 Å². The van der Waals surface area contributed by atoms with E-state index >= 15 is 0 Å². The fraction of sp³-hybridized carbons (Fsp3) is 0.400. The largest absolute Gasteiger partial charge is 0.478 e. The van der Waals surface area contributed by atoms with Gasteiger partial charge in [0, 0.05) is 13.7 Å². The molecule has 0 saturated heterocycles. The molecule has 16 heavy (non-hydrogen) atoms. The van der Waals surface area contributed by atoms with Gasteiger partial charge in [-0.2, -0.15) is 0 Å². The molecule has 0 amide bonds. The number of nitrogens with two attached hydrogens (primary N) is 1. The molecule has 1 aromatic heterocycles. The fourth-order valence-electron chi connectivity index (χ4n) is 1.11. The number of nitrogen functional groups attached to an aromatic ring is 1. The molecule has 6 heteroatoms. The fourth-order valence-corrected chi connectivity index (χ4v) is 1.11. The second-order valence-corrected chi connectivity index (χ2v) is 3.40. The molecule has 0 aliphatic carbocycles. The Morgan fingerprint density at radius 3 is 3.00 bits per heavy atom. The second kappa shape index (κ2) is 5.32. The molecule has 1 atom stereocenters. The summed E-state index contributed by atoms with van der Waals surface area (Å²) >= 11 is 0. The van der Waals surface area contributed by atoms with Crippen LogP contribution in [0.1, 0.15) is 17.3 Å². The molecule has 1 unspecified atom stereocenters. The second-order valence-electron chi connectivity index (χ2n) is 3.40. The highest BCUT2D eigenvalue weighted by molar-refractivity contribution is 5.94. The molecule has 0 aromatic carbocycles. The molecule has 4 N–H and O–H groups in total. The molecule has 0 saturated carbocycles. The number of nitrogens with zero attached hydrogens (tertiary/aromatic N) is 1. The number of rotatable bonds is 5. The Morgan fingerprint density at radius 2 is 2.44 bits per heavy atom. The molecule has 88 valence electrons. The Morgan fingerprint density at radius 1 is 1.75 bits per heavy atom. The van der Waals surface area contributed by atoms with Crippen molar-refractivity contribution in [2.45, 2.75) is 13.0 Å². The van der Waals surface area contributed by atoms with Gasteiger partial charge in [0.05, 0.1) is 18.0 Å². The summed E-state index contributed by atoms with van der Waals surface area (Å²) in [7, 11) is 1.58. The molecule has 0 fully saturated rings. The van der Waals surface area contributed by atoms with Crippen LogP contribution in [0, 0.1) is 0 Å². The maximum Gasteiger partial charge on any atom is 0.339 e. The molecule has 6 nitrogen and oxygen atoms in total. The van der Waals surface area contributed by atoms with E-state index in [0.29, 0.717) is 18.1 Å². The number of ether oxygens (including phenoxy) is 1. The van der Waals surface area contributed by atoms with E-state index in [4.69, 9.17) is 15.6 Å². The van der Waals surface area contributed by atoms with Crippen LogP contribution in [0.2, 0.25) is 0 Å². The quantitative estimate of drug-likeness (QED) is 0.686.